The van der Waals surface area contributed by atoms with Crippen molar-refractivity contribution in [1.82, 2.24) is 0 Å². The Morgan fingerprint density at radius 3 is 2.00 bits per heavy atom. The summed E-state index contributed by atoms with van der Waals surface area (Å²) in [5, 5.41) is 0.329. The van der Waals surface area contributed by atoms with Crippen molar-refractivity contribution < 1.29 is 37.6 Å². The molecule has 4 rings (SSSR count). The predicted molar refractivity (Wildman–Crippen MR) is 132 cm³/mol. The Hall–Kier alpha value is -4.66. The van der Waals surface area contributed by atoms with E-state index in [0.717, 1.165) is 0 Å². The molecule has 1 aromatic heterocycles. The van der Waals surface area contributed by atoms with E-state index in [2.05, 4.69) is 0 Å². The lowest BCUT2D eigenvalue weighted by Gasteiger charge is -2.13. The summed E-state index contributed by atoms with van der Waals surface area (Å²) in [6, 6.07) is 12.7. The van der Waals surface area contributed by atoms with Gasteiger partial charge in [0.2, 0.25) is 5.75 Å². The van der Waals surface area contributed by atoms with Crippen LogP contribution in [0.25, 0.3) is 22.1 Å². The molecule has 0 bridgehead atoms. The molecule has 4 aromatic rings. The SMILES string of the molecule is COc1ccc(-c2coc3cc(OC(=O)c4cc(OC)c(OC)c(OC)c4)ccc3c2=O)cc1OC. The van der Waals surface area contributed by atoms with Gasteiger partial charge in [-0.1, -0.05) is 6.07 Å². The first-order valence-corrected chi connectivity index (χ1v) is 10.7. The summed E-state index contributed by atoms with van der Waals surface area (Å²) < 4.78 is 37.7. The van der Waals surface area contributed by atoms with Crippen LogP contribution in [-0.4, -0.2) is 41.5 Å². The fourth-order valence-corrected chi connectivity index (χ4v) is 3.74. The van der Waals surface area contributed by atoms with Gasteiger partial charge in [0.1, 0.15) is 17.6 Å². The number of methoxy groups -OCH3 is 5. The van der Waals surface area contributed by atoms with Gasteiger partial charge in [-0.25, -0.2) is 4.79 Å². The van der Waals surface area contributed by atoms with Crippen LogP contribution in [0.3, 0.4) is 0 Å². The Labute approximate surface area is 206 Å². The molecular formula is C27H24O9. The third kappa shape index (κ3) is 4.50. The topological polar surface area (TPSA) is 103 Å². The molecule has 1 heterocycles. The van der Waals surface area contributed by atoms with Gasteiger partial charge in [0, 0.05) is 6.07 Å². The number of hydrogen-bond donors (Lipinski definition) is 0. The molecule has 0 N–H and O–H groups in total. The molecule has 0 amide bonds. The van der Waals surface area contributed by atoms with Crippen LogP contribution in [0.15, 0.2) is 64.0 Å². The Kier molecular flexibility index (Phi) is 7.00. The molecule has 0 aliphatic carbocycles. The fraction of sp³-hybridized carbons (Fsp3) is 0.185. The Morgan fingerprint density at radius 2 is 1.39 bits per heavy atom. The van der Waals surface area contributed by atoms with Gasteiger partial charge in [-0.3, -0.25) is 4.79 Å². The van der Waals surface area contributed by atoms with Crippen molar-refractivity contribution in [1.29, 1.82) is 0 Å². The van der Waals surface area contributed by atoms with E-state index < -0.39 is 5.97 Å². The second kappa shape index (κ2) is 10.3. The summed E-state index contributed by atoms with van der Waals surface area (Å²) in [7, 11) is 7.43. The normalized spacial score (nSPS) is 10.6. The molecule has 0 saturated heterocycles. The van der Waals surface area contributed by atoms with Crippen LogP contribution in [0.5, 0.6) is 34.5 Å². The largest absolute Gasteiger partial charge is 0.493 e. The molecular weight excluding hydrogens is 468 g/mol. The summed E-state index contributed by atoms with van der Waals surface area (Å²) in [6.45, 7) is 0. The Balaban J connectivity index is 1.65. The van der Waals surface area contributed by atoms with Gasteiger partial charge in [-0.2, -0.15) is 0 Å². The number of esters is 1. The molecule has 9 nitrogen and oxygen atoms in total. The van der Waals surface area contributed by atoms with Crippen molar-refractivity contribution >= 4 is 16.9 Å². The third-order valence-electron chi connectivity index (χ3n) is 5.55. The molecule has 0 atom stereocenters. The lowest BCUT2D eigenvalue weighted by atomic mass is 10.0. The van der Waals surface area contributed by atoms with Crippen LogP contribution in [-0.2, 0) is 0 Å². The van der Waals surface area contributed by atoms with Crippen LogP contribution in [0.1, 0.15) is 10.4 Å². The van der Waals surface area contributed by atoms with E-state index in [0.29, 0.717) is 45.3 Å². The van der Waals surface area contributed by atoms with Crippen molar-refractivity contribution in [2.75, 3.05) is 35.5 Å². The molecule has 3 aromatic carbocycles. The third-order valence-corrected chi connectivity index (χ3v) is 5.55. The van der Waals surface area contributed by atoms with Crippen molar-refractivity contribution in [3.05, 3.63) is 70.6 Å². The summed E-state index contributed by atoms with van der Waals surface area (Å²) >= 11 is 0. The summed E-state index contributed by atoms with van der Waals surface area (Å²) in [4.78, 5) is 26.0. The molecule has 0 unspecified atom stereocenters. The molecule has 36 heavy (non-hydrogen) atoms. The zero-order chi connectivity index (χ0) is 25.8. The predicted octanol–water partition coefficient (Wildman–Crippen LogP) is 4.72. The van der Waals surface area contributed by atoms with Crippen molar-refractivity contribution in [2.24, 2.45) is 0 Å². The summed E-state index contributed by atoms with van der Waals surface area (Å²) in [5.74, 6) is 1.57. The van der Waals surface area contributed by atoms with Gasteiger partial charge in [-0.15, -0.1) is 0 Å². The minimum atomic E-state index is -0.655. The second-order valence-electron chi connectivity index (χ2n) is 7.51. The average molecular weight is 492 g/mol. The molecule has 0 aliphatic heterocycles. The van der Waals surface area contributed by atoms with E-state index in [9.17, 15) is 9.59 Å². The molecule has 0 saturated carbocycles. The van der Waals surface area contributed by atoms with Gasteiger partial charge in [0.15, 0.2) is 28.4 Å². The van der Waals surface area contributed by atoms with E-state index in [4.69, 9.17) is 32.8 Å². The first-order chi connectivity index (χ1) is 17.4. The standard InChI is InChI=1S/C27H24O9/c1-30-20-9-6-15(10-22(20)31-2)19-14-35-21-13-17(7-8-18(21)25(19)28)36-27(29)16-11-23(32-3)26(34-5)24(12-16)33-4/h6-14H,1-5H3. The van der Waals surface area contributed by atoms with E-state index >= 15 is 0 Å². The monoisotopic (exact) mass is 492 g/mol. The number of carbonyl (C=O) groups is 1. The molecule has 9 heteroatoms. The highest BCUT2D eigenvalue weighted by Crippen LogP contribution is 2.38. The first kappa shape index (κ1) is 24.5. The highest BCUT2D eigenvalue weighted by atomic mass is 16.5. The zero-order valence-electron chi connectivity index (χ0n) is 20.4. The molecule has 0 radical (unpaired) electrons. The number of ether oxygens (including phenoxy) is 6. The maximum absolute atomic E-state index is 13.2. The van der Waals surface area contributed by atoms with Crippen molar-refractivity contribution in [3.8, 4) is 45.6 Å². The minimum Gasteiger partial charge on any atom is -0.493 e. The van der Waals surface area contributed by atoms with E-state index in [1.165, 1.54) is 66.1 Å². The van der Waals surface area contributed by atoms with Crippen LogP contribution < -0.4 is 33.8 Å². The van der Waals surface area contributed by atoms with Crippen LogP contribution >= 0.6 is 0 Å². The second-order valence-corrected chi connectivity index (χ2v) is 7.51. The summed E-state index contributed by atoms with van der Waals surface area (Å²) in [5.41, 5.74) is 1.17. The molecule has 0 fully saturated rings. The van der Waals surface area contributed by atoms with Crippen LogP contribution in [0.4, 0.5) is 0 Å². The zero-order valence-corrected chi connectivity index (χ0v) is 20.4. The molecule has 0 aliphatic rings. The van der Waals surface area contributed by atoms with Crippen LogP contribution in [0, 0.1) is 0 Å². The lowest BCUT2D eigenvalue weighted by Crippen LogP contribution is -2.10. The highest BCUT2D eigenvalue weighted by Gasteiger charge is 2.19. The first-order valence-electron chi connectivity index (χ1n) is 10.7. The van der Waals surface area contributed by atoms with E-state index in [1.807, 2.05) is 0 Å². The highest BCUT2D eigenvalue weighted by molar-refractivity contribution is 5.93. The maximum Gasteiger partial charge on any atom is 0.343 e. The van der Waals surface area contributed by atoms with Gasteiger partial charge >= 0.3 is 5.97 Å². The number of fused-ring (bicyclic) bond motifs is 1. The number of hydrogen-bond acceptors (Lipinski definition) is 9. The Bertz CT molecular complexity index is 1460. The van der Waals surface area contributed by atoms with Crippen LogP contribution in [0.2, 0.25) is 0 Å². The molecule has 0 spiro atoms. The quantitative estimate of drug-likeness (QED) is 0.255. The maximum atomic E-state index is 13.2. The van der Waals surface area contributed by atoms with Gasteiger partial charge in [0.05, 0.1) is 52.1 Å². The van der Waals surface area contributed by atoms with Crippen molar-refractivity contribution in [3.63, 3.8) is 0 Å². The number of rotatable bonds is 8. The van der Waals surface area contributed by atoms with E-state index in [1.54, 1.807) is 24.3 Å². The number of carbonyl (C=O) groups excluding carboxylic acids is 1. The van der Waals surface area contributed by atoms with E-state index in [-0.39, 0.29) is 22.3 Å². The summed E-state index contributed by atoms with van der Waals surface area (Å²) in [6.07, 6.45) is 1.36. The minimum absolute atomic E-state index is 0.190. The smallest absolute Gasteiger partial charge is 0.343 e. The molecule has 186 valence electrons. The lowest BCUT2D eigenvalue weighted by molar-refractivity contribution is 0.0734. The van der Waals surface area contributed by atoms with Gasteiger partial charge in [0.25, 0.3) is 0 Å². The Morgan fingerprint density at radius 1 is 0.722 bits per heavy atom. The van der Waals surface area contributed by atoms with Gasteiger partial charge < -0.3 is 32.8 Å². The van der Waals surface area contributed by atoms with Crippen molar-refractivity contribution in [2.45, 2.75) is 0 Å². The number of benzene rings is 3. The van der Waals surface area contributed by atoms with Gasteiger partial charge in [-0.05, 0) is 42.0 Å². The fourth-order valence-electron chi connectivity index (χ4n) is 3.74. The average Bonchev–Trinajstić information content (AvgIpc) is 2.91.